The molecule has 1 amide bonds. The van der Waals surface area contributed by atoms with Gasteiger partial charge in [-0.25, -0.2) is 4.39 Å². The third-order valence-corrected chi connectivity index (χ3v) is 3.33. The van der Waals surface area contributed by atoms with Crippen LogP contribution in [0.2, 0.25) is 0 Å². The number of anilines is 1. The molecule has 1 aliphatic rings. The molecule has 1 N–H and O–H groups in total. The molecule has 1 aliphatic heterocycles. The number of aliphatic carboxylic acids is 1. The van der Waals surface area contributed by atoms with E-state index in [0.29, 0.717) is 12.1 Å². The lowest BCUT2D eigenvalue weighted by Gasteiger charge is -2.40. The maximum Gasteiger partial charge on any atom is 0.303 e. The van der Waals surface area contributed by atoms with Gasteiger partial charge in [-0.05, 0) is 31.5 Å². The number of ether oxygens (including phenoxy) is 1. The van der Waals surface area contributed by atoms with Gasteiger partial charge in [-0.3, -0.25) is 9.59 Å². The minimum Gasteiger partial charge on any atom is -0.481 e. The molecule has 0 bridgehead atoms. The summed E-state index contributed by atoms with van der Waals surface area (Å²) < 4.78 is 18.7. The van der Waals surface area contributed by atoms with Crippen molar-refractivity contribution in [2.24, 2.45) is 0 Å². The Morgan fingerprint density at radius 2 is 2.30 bits per heavy atom. The second-order valence-electron chi connectivity index (χ2n) is 5.09. The molecule has 1 atom stereocenters. The summed E-state index contributed by atoms with van der Waals surface area (Å²) in [4.78, 5) is 24.0. The van der Waals surface area contributed by atoms with Crippen LogP contribution in [0.1, 0.15) is 19.8 Å². The molecule has 0 aliphatic carbocycles. The van der Waals surface area contributed by atoms with Crippen LogP contribution in [0.15, 0.2) is 24.3 Å². The molecule has 1 aromatic carbocycles. The largest absolute Gasteiger partial charge is 0.481 e. The third kappa shape index (κ3) is 3.33. The first kappa shape index (κ1) is 14.5. The lowest BCUT2D eigenvalue weighted by Crippen LogP contribution is -2.53. The molecular formula is C14H16FNO4. The van der Waals surface area contributed by atoms with Crippen molar-refractivity contribution in [3.63, 3.8) is 0 Å². The summed E-state index contributed by atoms with van der Waals surface area (Å²) in [6.45, 7) is 1.84. The highest BCUT2D eigenvalue weighted by Gasteiger charge is 2.36. The van der Waals surface area contributed by atoms with Crippen LogP contribution in [-0.4, -0.2) is 35.7 Å². The van der Waals surface area contributed by atoms with E-state index in [2.05, 4.69) is 0 Å². The molecule has 108 valence electrons. The summed E-state index contributed by atoms with van der Waals surface area (Å²) in [5, 5.41) is 8.74. The van der Waals surface area contributed by atoms with Gasteiger partial charge in [-0.1, -0.05) is 6.07 Å². The van der Waals surface area contributed by atoms with Crippen LogP contribution >= 0.6 is 0 Å². The number of carboxylic acid groups (broad SMARTS) is 1. The zero-order valence-electron chi connectivity index (χ0n) is 11.1. The zero-order valence-corrected chi connectivity index (χ0v) is 11.1. The Balaban J connectivity index is 2.16. The fourth-order valence-corrected chi connectivity index (χ4v) is 2.18. The highest BCUT2D eigenvalue weighted by atomic mass is 19.1. The average molecular weight is 281 g/mol. The highest BCUT2D eigenvalue weighted by Crippen LogP contribution is 2.27. The minimum absolute atomic E-state index is 0.0400. The zero-order chi connectivity index (χ0) is 14.8. The Morgan fingerprint density at radius 1 is 1.55 bits per heavy atom. The molecule has 1 saturated heterocycles. The predicted octanol–water partition coefficient (Wildman–Crippen LogP) is 1.81. The van der Waals surface area contributed by atoms with Crippen LogP contribution < -0.4 is 4.90 Å². The quantitative estimate of drug-likeness (QED) is 0.914. The Labute approximate surface area is 116 Å². The van der Waals surface area contributed by atoms with Crippen LogP contribution in [0, 0.1) is 5.82 Å². The van der Waals surface area contributed by atoms with Crippen molar-refractivity contribution in [1.29, 1.82) is 0 Å². The van der Waals surface area contributed by atoms with Crippen molar-refractivity contribution in [2.75, 3.05) is 18.1 Å². The topological polar surface area (TPSA) is 66.8 Å². The van der Waals surface area contributed by atoms with E-state index in [1.807, 2.05) is 0 Å². The maximum absolute atomic E-state index is 13.2. The molecular weight excluding hydrogens is 265 g/mol. The maximum atomic E-state index is 13.2. The fraction of sp³-hybridized carbons (Fsp3) is 0.429. The number of amides is 1. The SMILES string of the molecule is CC1(CCC(=O)O)CN(c2cccc(F)c2)C(=O)CO1. The van der Waals surface area contributed by atoms with Gasteiger partial charge in [0.25, 0.3) is 5.91 Å². The standard InChI is InChI=1S/C14H16FNO4/c1-14(6-5-13(18)19)9-16(12(17)8-20-14)11-4-2-3-10(15)7-11/h2-4,7H,5-6,8-9H2,1H3,(H,18,19). The summed E-state index contributed by atoms with van der Waals surface area (Å²) in [7, 11) is 0. The van der Waals surface area contributed by atoms with E-state index < -0.39 is 17.4 Å². The number of rotatable bonds is 4. The molecule has 5 nitrogen and oxygen atoms in total. The van der Waals surface area contributed by atoms with Gasteiger partial charge >= 0.3 is 5.97 Å². The summed E-state index contributed by atoms with van der Waals surface area (Å²) >= 11 is 0. The molecule has 1 unspecified atom stereocenters. The van der Waals surface area contributed by atoms with Gasteiger partial charge in [0.15, 0.2) is 0 Å². The van der Waals surface area contributed by atoms with E-state index in [4.69, 9.17) is 9.84 Å². The Bertz CT molecular complexity index is 534. The number of carbonyl (C=O) groups excluding carboxylic acids is 1. The number of carboxylic acids is 1. The fourth-order valence-electron chi connectivity index (χ4n) is 2.18. The number of morpholine rings is 1. The first-order valence-corrected chi connectivity index (χ1v) is 6.31. The second-order valence-corrected chi connectivity index (χ2v) is 5.09. The van der Waals surface area contributed by atoms with Crippen LogP contribution in [0.4, 0.5) is 10.1 Å². The Morgan fingerprint density at radius 3 is 2.95 bits per heavy atom. The van der Waals surface area contributed by atoms with Crippen molar-refractivity contribution >= 4 is 17.6 Å². The first-order valence-electron chi connectivity index (χ1n) is 6.31. The number of nitrogens with zero attached hydrogens (tertiary/aromatic N) is 1. The Hall–Kier alpha value is -1.95. The second kappa shape index (κ2) is 5.58. The minimum atomic E-state index is -0.913. The smallest absolute Gasteiger partial charge is 0.303 e. The number of benzene rings is 1. The molecule has 0 aromatic heterocycles. The molecule has 0 spiro atoms. The van der Waals surface area contributed by atoms with Crippen molar-refractivity contribution in [2.45, 2.75) is 25.4 Å². The molecule has 20 heavy (non-hydrogen) atoms. The molecule has 1 fully saturated rings. The van der Waals surface area contributed by atoms with Gasteiger partial charge in [-0.2, -0.15) is 0 Å². The van der Waals surface area contributed by atoms with E-state index in [9.17, 15) is 14.0 Å². The van der Waals surface area contributed by atoms with Gasteiger partial charge in [0.1, 0.15) is 12.4 Å². The normalized spacial score (nSPS) is 22.9. The van der Waals surface area contributed by atoms with Gasteiger partial charge in [0.2, 0.25) is 0 Å². The van der Waals surface area contributed by atoms with Gasteiger partial charge in [0, 0.05) is 12.1 Å². The number of hydrogen-bond donors (Lipinski definition) is 1. The van der Waals surface area contributed by atoms with E-state index >= 15 is 0 Å². The van der Waals surface area contributed by atoms with Crippen molar-refractivity contribution < 1.29 is 23.8 Å². The first-order chi connectivity index (χ1) is 9.39. The van der Waals surface area contributed by atoms with E-state index in [1.165, 1.54) is 23.1 Å². The Kier molecular flexibility index (Phi) is 4.04. The van der Waals surface area contributed by atoms with Crippen LogP contribution in [0.3, 0.4) is 0 Å². The van der Waals surface area contributed by atoms with Crippen LogP contribution in [0.25, 0.3) is 0 Å². The summed E-state index contributed by atoms with van der Waals surface area (Å²) in [6.07, 6.45) is 0.253. The summed E-state index contributed by atoms with van der Waals surface area (Å²) in [5.41, 5.74) is -0.279. The summed E-state index contributed by atoms with van der Waals surface area (Å²) in [5.74, 6) is -1.60. The number of halogens is 1. The van der Waals surface area contributed by atoms with Gasteiger partial charge in [-0.15, -0.1) is 0 Å². The molecule has 2 rings (SSSR count). The third-order valence-electron chi connectivity index (χ3n) is 3.33. The predicted molar refractivity (Wildman–Crippen MR) is 70.0 cm³/mol. The number of hydrogen-bond acceptors (Lipinski definition) is 3. The van der Waals surface area contributed by atoms with Crippen molar-refractivity contribution in [3.8, 4) is 0 Å². The van der Waals surface area contributed by atoms with E-state index in [1.54, 1.807) is 13.0 Å². The monoisotopic (exact) mass is 281 g/mol. The van der Waals surface area contributed by atoms with Gasteiger partial charge < -0.3 is 14.7 Å². The number of carbonyl (C=O) groups is 2. The van der Waals surface area contributed by atoms with Crippen LogP contribution in [-0.2, 0) is 14.3 Å². The van der Waals surface area contributed by atoms with Crippen molar-refractivity contribution in [3.05, 3.63) is 30.1 Å². The average Bonchev–Trinajstić information content (AvgIpc) is 2.40. The van der Waals surface area contributed by atoms with E-state index in [-0.39, 0.29) is 25.5 Å². The molecule has 0 saturated carbocycles. The molecule has 1 aromatic rings. The molecule has 1 heterocycles. The van der Waals surface area contributed by atoms with Gasteiger partial charge in [0.05, 0.1) is 12.1 Å². The lowest BCUT2D eigenvalue weighted by molar-refractivity contribution is -0.142. The van der Waals surface area contributed by atoms with Crippen LogP contribution in [0.5, 0.6) is 0 Å². The molecule has 0 radical (unpaired) electrons. The van der Waals surface area contributed by atoms with Crippen molar-refractivity contribution in [1.82, 2.24) is 0 Å². The highest BCUT2D eigenvalue weighted by molar-refractivity contribution is 5.95. The van der Waals surface area contributed by atoms with E-state index in [0.717, 1.165) is 0 Å². The molecule has 6 heteroatoms. The lowest BCUT2D eigenvalue weighted by atomic mass is 9.97. The summed E-state index contributed by atoms with van der Waals surface area (Å²) in [6, 6.07) is 5.75.